The fraction of sp³-hybridized carbons (Fsp3) is 0.333. The van der Waals surface area contributed by atoms with E-state index in [1.807, 2.05) is 0 Å². The number of unbranched alkanes of at least 4 members (excludes halogenated alkanes) is 1. The second kappa shape index (κ2) is 9.52. The van der Waals surface area contributed by atoms with Crippen molar-refractivity contribution in [3.05, 3.63) is 54.0 Å². The summed E-state index contributed by atoms with van der Waals surface area (Å²) in [5.41, 5.74) is 1.19. The minimum atomic E-state index is -0.189. The van der Waals surface area contributed by atoms with E-state index in [2.05, 4.69) is 22.9 Å². The zero-order valence-corrected chi connectivity index (χ0v) is 13.8. The Hall–Kier alpha value is -2.60. The number of hydrogen-bond donors (Lipinski definition) is 3. The maximum Gasteiger partial charge on any atom is 0.251 e. The molecule has 3 N–H and O–H groups in total. The van der Waals surface area contributed by atoms with E-state index in [0.717, 1.165) is 19.4 Å². The Bertz CT molecular complexity index is 636. The van der Waals surface area contributed by atoms with Crippen LogP contribution >= 0.6 is 0 Å². The first-order chi connectivity index (χ1) is 11.7. The number of carbonyl (C=O) groups excluding carboxylic acids is 2. The molecule has 1 heterocycles. The number of benzene rings is 1. The molecule has 0 spiro atoms. The van der Waals surface area contributed by atoms with Crippen molar-refractivity contribution in [3.8, 4) is 0 Å². The van der Waals surface area contributed by atoms with Crippen molar-refractivity contribution in [3.63, 3.8) is 0 Å². The first-order valence-electron chi connectivity index (χ1n) is 8.10. The highest BCUT2D eigenvalue weighted by Gasteiger charge is 2.07. The summed E-state index contributed by atoms with van der Waals surface area (Å²) >= 11 is 0. The topological polar surface area (TPSA) is 83.4 Å². The van der Waals surface area contributed by atoms with Gasteiger partial charge in [-0.1, -0.05) is 13.3 Å². The summed E-state index contributed by atoms with van der Waals surface area (Å²) in [6.07, 6.45) is 3.71. The number of nitrogens with one attached hydrogen (secondary N) is 3. The van der Waals surface area contributed by atoms with E-state index < -0.39 is 0 Å². The minimum absolute atomic E-state index is 0.0962. The van der Waals surface area contributed by atoms with Crippen molar-refractivity contribution in [2.45, 2.75) is 26.3 Å². The summed E-state index contributed by atoms with van der Waals surface area (Å²) in [4.78, 5) is 23.8. The van der Waals surface area contributed by atoms with Gasteiger partial charge in [0.2, 0.25) is 5.91 Å². The van der Waals surface area contributed by atoms with Gasteiger partial charge in [0.15, 0.2) is 0 Å². The maximum atomic E-state index is 12.0. The van der Waals surface area contributed by atoms with Gasteiger partial charge in [-0.2, -0.15) is 0 Å². The van der Waals surface area contributed by atoms with Crippen molar-refractivity contribution in [2.24, 2.45) is 0 Å². The average Bonchev–Trinajstić information content (AvgIpc) is 3.11. The summed E-state index contributed by atoms with van der Waals surface area (Å²) in [6.45, 7) is 3.56. The van der Waals surface area contributed by atoms with Gasteiger partial charge in [0.05, 0.1) is 19.4 Å². The first-order valence-corrected chi connectivity index (χ1v) is 8.10. The van der Waals surface area contributed by atoms with Crippen LogP contribution in [0.4, 0.5) is 5.69 Å². The van der Waals surface area contributed by atoms with E-state index in [0.29, 0.717) is 23.6 Å². The minimum Gasteiger partial charge on any atom is -0.467 e. The number of furan rings is 1. The van der Waals surface area contributed by atoms with Gasteiger partial charge in [0.1, 0.15) is 5.76 Å². The fourth-order valence-electron chi connectivity index (χ4n) is 2.10. The van der Waals surface area contributed by atoms with Gasteiger partial charge in [-0.05, 0) is 49.4 Å². The van der Waals surface area contributed by atoms with Crippen LogP contribution in [0, 0.1) is 0 Å². The van der Waals surface area contributed by atoms with Crippen molar-refractivity contribution in [1.29, 1.82) is 0 Å². The van der Waals surface area contributed by atoms with Crippen LogP contribution in [0.5, 0.6) is 0 Å². The van der Waals surface area contributed by atoms with Crippen LogP contribution in [0.1, 0.15) is 35.9 Å². The molecule has 0 saturated heterocycles. The van der Waals surface area contributed by atoms with Crippen molar-refractivity contribution in [1.82, 2.24) is 10.6 Å². The zero-order chi connectivity index (χ0) is 17.2. The lowest BCUT2D eigenvalue weighted by Crippen LogP contribution is -2.28. The van der Waals surface area contributed by atoms with Gasteiger partial charge in [-0.3, -0.25) is 9.59 Å². The highest BCUT2D eigenvalue weighted by Crippen LogP contribution is 2.10. The van der Waals surface area contributed by atoms with E-state index in [4.69, 9.17) is 4.42 Å². The summed E-state index contributed by atoms with van der Waals surface area (Å²) in [7, 11) is 0. The Morgan fingerprint density at radius 3 is 2.58 bits per heavy atom. The van der Waals surface area contributed by atoms with Crippen molar-refractivity contribution >= 4 is 17.5 Å². The lowest BCUT2D eigenvalue weighted by atomic mass is 10.2. The molecule has 6 nitrogen and oxygen atoms in total. The summed E-state index contributed by atoms with van der Waals surface area (Å²) in [5.74, 6) is 0.412. The smallest absolute Gasteiger partial charge is 0.251 e. The average molecular weight is 329 g/mol. The molecule has 0 atom stereocenters. The normalized spacial score (nSPS) is 10.4. The SMILES string of the molecule is CCCCNCC(=O)Nc1ccc(C(=O)NCc2ccco2)cc1. The van der Waals surface area contributed by atoms with Crippen molar-refractivity contribution in [2.75, 3.05) is 18.4 Å². The van der Waals surface area contributed by atoms with E-state index in [9.17, 15) is 9.59 Å². The molecule has 6 heteroatoms. The Kier molecular flexibility index (Phi) is 7.04. The summed E-state index contributed by atoms with van der Waals surface area (Å²) in [6, 6.07) is 10.4. The highest BCUT2D eigenvalue weighted by molar-refractivity contribution is 5.96. The van der Waals surface area contributed by atoms with Crippen LogP contribution < -0.4 is 16.0 Å². The number of rotatable bonds is 9. The van der Waals surface area contributed by atoms with Gasteiger partial charge in [-0.15, -0.1) is 0 Å². The fourth-order valence-corrected chi connectivity index (χ4v) is 2.10. The standard InChI is InChI=1S/C18H23N3O3/c1-2-3-10-19-13-17(22)21-15-8-6-14(7-9-15)18(23)20-12-16-5-4-11-24-16/h4-9,11,19H,2-3,10,12-13H2,1H3,(H,20,23)(H,21,22). The third kappa shape index (κ3) is 5.89. The molecule has 0 aliphatic heterocycles. The van der Waals surface area contributed by atoms with Crippen LogP contribution in [0.2, 0.25) is 0 Å². The molecule has 2 amide bonds. The second-order valence-corrected chi connectivity index (χ2v) is 5.42. The summed E-state index contributed by atoms with van der Waals surface area (Å²) in [5, 5.41) is 8.64. The zero-order valence-electron chi connectivity index (χ0n) is 13.8. The predicted octanol–water partition coefficient (Wildman–Crippen LogP) is 2.54. The Morgan fingerprint density at radius 2 is 1.92 bits per heavy atom. The molecule has 0 saturated carbocycles. The number of anilines is 1. The van der Waals surface area contributed by atoms with Gasteiger partial charge in [0.25, 0.3) is 5.91 Å². The lowest BCUT2D eigenvalue weighted by Gasteiger charge is -2.08. The largest absolute Gasteiger partial charge is 0.467 e. The van der Waals surface area contributed by atoms with Crippen LogP contribution in [0.15, 0.2) is 47.1 Å². The molecule has 2 rings (SSSR count). The number of hydrogen-bond acceptors (Lipinski definition) is 4. The summed E-state index contributed by atoms with van der Waals surface area (Å²) < 4.78 is 5.16. The molecule has 0 radical (unpaired) electrons. The van der Waals surface area contributed by atoms with E-state index in [-0.39, 0.29) is 18.4 Å². The van der Waals surface area contributed by atoms with E-state index >= 15 is 0 Å². The van der Waals surface area contributed by atoms with Crippen LogP contribution in [0.25, 0.3) is 0 Å². The maximum absolute atomic E-state index is 12.0. The van der Waals surface area contributed by atoms with Crippen LogP contribution in [0.3, 0.4) is 0 Å². The first kappa shape index (κ1) is 17.7. The molecule has 2 aromatic rings. The molecule has 0 fully saturated rings. The number of amides is 2. The third-order valence-electron chi connectivity index (χ3n) is 3.43. The molecular formula is C18H23N3O3. The molecule has 24 heavy (non-hydrogen) atoms. The Balaban J connectivity index is 1.77. The monoisotopic (exact) mass is 329 g/mol. The molecule has 0 unspecified atom stereocenters. The Labute approximate surface area is 141 Å². The molecule has 0 aliphatic carbocycles. The molecule has 1 aromatic carbocycles. The van der Waals surface area contributed by atoms with Gasteiger partial charge < -0.3 is 20.4 Å². The second-order valence-electron chi connectivity index (χ2n) is 5.42. The predicted molar refractivity (Wildman–Crippen MR) is 92.7 cm³/mol. The van der Waals surface area contributed by atoms with Gasteiger partial charge in [0, 0.05) is 11.3 Å². The van der Waals surface area contributed by atoms with E-state index in [1.54, 1.807) is 42.7 Å². The molecule has 1 aromatic heterocycles. The van der Waals surface area contributed by atoms with Gasteiger partial charge >= 0.3 is 0 Å². The van der Waals surface area contributed by atoms with Crippen LogP contribution in [-0.4, -0.2) is 24.9 Å². The third-order valence-corrected chi connectivity index (χ3v) is 3.43. The molecular weight excluding hydrogens is 306 g/mol. The lowest BCUT2D eigenvalue weighted by molar-refractivity contribution is -0.115. The Morgan fingerprint density at radius 1 is 1.12 bits per heavy atom. The highest BCUT2D eigenvalue weighted by atomic mass is 16.3. The molecule has 0 aliphatic rings. The van der Waals surface area contributed by atoms with Crippen LogP contribution in [-0.2, 0) is 11.3 Å². The molecule has 128 valence electrons. The van der Waals surface area contributed by atoms with E-state index in [1.165, 1.54) is 0 Å². The quantitative estimate of drug-likeness (QED) is 0.617. The molecule has 0 bridgehead atoms. The van der Waals surface area contributed by atoms with Gasteiger partial charge in [-0.25, -0.2) is 0 Å². The number of carbonyl (C=O) groups is 2. The van der Waals surface area contributed by atoms with Crippen molar-refractivity contribution < 1.29 is 14.0 Å².